The Bertz CT molecular complexity index is 525. The van der Waals surface area contributed by atoms with Crippen LogP contribution >= 0.6 is 0 Å². The molecule has 6 heteroatoms. The molecule has 0 radical (unpaired) electrons. The average Bonchev–Trinajstić information content (AvgIpc) is 2.54. The van der Waals surface area contributed by atoms with E-state index < -0.39 is 0 Å². The quantitative estimate of drug-likeness (QED) is 0.862. The third-order valence-electron chi connectivity index (χ3n) is 5.22. The van der Waals surface area contributed by atoms with E-state index in [0.29, 0.717) is 6.10 Å². The molecule has 2 heterocycles. The summed E-state index contributed by atoms with van der Waals surface area (Å²) in [7, 11) is 0. The molecule has 0 unspecified atom stereocenters. The number of ether oxygens (including phenoxy) is 2. The van der Waals surface area contributed by atoms with Crippen molar-refractivity contribution in [3.8, 4) is 0 Å². The highest BCUT2D eigenvalue weighted by Crippen LogP contribution is 2.40. The van der Waals surface area contributed by atoms with Crippen LogP contribution in [-0.4, -0.2) is 66.0 Å². The second-order valence-corrected chi connectivity index (χ2v) is 6.60. The Morgan fingerprint density at radius 1 is 1.30 bits per heavy atom. The Balaban J connectivity index is 1.68. The first kappa shape index (κ1) is 16.6. The molecular formula is C17H28N4O2. The number of aryl methyl sites for hydroxylation is 1. The van der Waals surface area contributed by atoms with Crippen LogP contribution in [-0.2, 0) is 9.47 Å². The number of nitrogens with one attached hydrogen (secondary N) is 1. The summed E-state index contributed by atoms with van der Waals surface area (Å²) in [5, 5.41) is 3.57. The van der Waals surface area contributed by atoms with E-state index in [-0.39, 0.29) is 5.54 Å². The molecule has 1 saturated carbocycles. The van der Waals surface area contributed by atoms with Gasteiger partial charge in [-0.25, -0.2) is 9.97 Å². The van der Waals surface area contributed by atoms with Gasteiger partial charge in [-0.2, -0.15) is 0 Å². The summed E-state index contributed by atoms with van der Waals surface area (Å²) in [6.45, 7) is 11.5. The Morgan fingerprint density at radius 2 is 2.04 bits per heavy atom. The van der Waals surface area contributed by atoms with Crippen molar-refractivity contribution in [1.29, 1.82) is 0 Å². The van der Waals surface area contributed by atoms with E-state index in [4.69, 9.17) is 9.47 Å². The van der Waals surface area contributed by atoms with E-state index in [9.17, 15) is 0 Å². The number of rotatable bonds is 6. The molecule has 1 saturated heterocycles. The molecular weight excluding hydrogens is 292 g/mol. The first-order valence-electron chi connectivity index (χ1n) is 8.61. The van der Waals surface area contributed by atoms with Gasteiger partial charge in [0.2, 0.25) is 0 Å². The Labute approximate surface area is 138 Å². The first-order chi connectivity index (χ1) is 11.1. The fourth-order valence-corrected chi connectivity index (χ4v) is 3.66. The van der Waals surface area contributed by atoms with Crippen molar-refractivity contribution in [2.24, 2.45) is 0 Å². The highest BCUT2D eigenvalue weighted by Gasteiger charge is 2.49. The molecule has 1 aliphatic carbocycles. The van der Waals surface area contributed by atoms with Gasteiger partial charge in [0.1, 0.15) is 12.1 Å². The molecule has 6 nitrogen and oxygen atoms in total. The SMILES string of the molecule is CCOC1CC(CNc2ncnc(C)c2C)(N2CCOCC2)C1. The van der Waals surface area contributed by atoms with Crippen molar-refractivity contribution in [2.75, 3.05) is 44.8 Å². The van der Waals surface area contributed by atoms with Gasteiger partial charge in [0.25, 0.3) is 0 Å². The Kier molecular flexibility index (Phi) is 5.14. The van der Waals surface area contributed by atoms with Crippen molar-refractivity contribution < 1.29 is 9.47 Å². The number of nitrogens with zero attached hydrogens (tertiary/aromatic N) is 3. The molecule has 1 N–H and O–H groups in total. The fourth-order valence-electron chi connectivity index (χ4n) is 3.66. The summed E-state index contributed by atoms with van der Waals surface area (Å²) in [4.78, 5) is 11.2. The van der Waals surface area contributed by atoms with Gasteiger partial charge in [0.05, 0.1) is 19.3 Å². The van der Waals surface area contributed by atoms with E-state index in [0.717, 1.165) is 69.4 Å². The van der Waals surface area contributed by atoms with Crippen molar-refractivity contribution in [2.45, 2.75) is 45.3 Å². The average molecular weight is 320 g/mol. The number of morpholine rings is 1. The molecule has 0 atom stereocenters. The van der Waals surface area contributed by atoms with E-state index in [1.807, 2.05) is 6.92 Å². The van der Waals surface area contributed by atoms with E-state index in [1.54, 1.807) is 6.33 Å². The number of anilines is 1. The minimum absolute atomic E-state index is 0.162. The van der Waals surface area contributed by atoms with Crippen LogP contribution in [0.25, 0.3) is 0 Å². The van der Waals surface area contributed by atoms with Crippen LogP contribution in [0.5, 0.6) is 0 Å². The van der Waals surface area contributed by atoms with Gasteiger partial charge in [-0.15, -0.1) is 0 Å². The molecule has 23 heavy (non-hydrogen) atoms. The van der Waals surface area contributed by atoms with Gasteiger partial charge < -0.3 is 14.8 Å². The summed E-state index contributed by atoms with van der Waals surface area (Å²) in [5.41, 5.74) is 2.32. The lowest BCUT2D eigenvalue weighted by Crippen LogP contribution is -2.65. The molecule has 1 aromatic heterocycles. The fraction of sp³-hybridized carbons (Fsp3) is 0.765. The highest BCUT2D eigenvalue weighted by atomic mass is 16.5. The minimum atomic E-state index is 0.162. The predicted molar refractivity (Wildman–Crippen MR) is 89.8 cm³/mol. The minimum Gasteiger partial charge on any atom is -0.379 e. The van der Waals surface area contributed by atoms with Gasteiger partial charge in [0, 0.05) is 43.0 Å². The molecule has 1 aromatic rings. The lowest BCUT2D eigenvalue weighted by Gasteiger charge is -2.55. The Morgan fingerprint density at radius 3 is 2.74 bits per heavy atom. The van der Waals surface area contributed by atoms with E-state index >= 15 is 0 Å². The first-order valence-corrected chi connectivity index (χ1v) is 8.61. The second-order valence-electron chi connectivity index (χ2n) is 6.60. The van der Waals surface area contributed by atoms with Crippen molar-refractivity contribution in [1.82, 2.24) is 14.9 Å². The van der Waals surface area contributed by atoms with Crippen LogP contribution in [0.1, 0.15) is 31.0 Å². The van der Waals surface area contributed by atoms with Crippen molar-refractivity contribution in [3.63, 3.8) is 0 Å². The Hall–Kier alpha value is -1.24. The standard InChI is InChI=1S/C17H28N4O2/c1-4-23-15-9-17(10-15,21-5-7-22-8-6-21)11-18-16-13(2)14(3)19-12-20-16/h12,15H,4-11H2,1-3H3,(H,18,19,20). The van der Waals surface area contributed by atoms with Crippen molar-refractivity contribution in [3.05, 3.63) is 17.6 Å². The van der Waals surface area contributed by atoms with E-state index in [2.05, 4.69) is 34.0 Å². The van der Waals surface area contributed by atoms with Gasteiger partial charge in [-0.1, -0.05) is 0 Å². The highest BCUT2D eigenvalue weighted by molar-refractivity contribution is 5.45. The molecule has 2 fully saturated rings. The topological polar surface area (TPSA) is 59.5 Å². The monoisotopic (exact) mass is 320 g/mol. The van der Waals surface area contributed by atoms with Crippen LogP contribution < -0.4 is 5.32 Å². The van der Waals surface area contributed by atoms with Gasteiger partial charge >= 0.3 is 0 Å². The van der Waals surface area contributed by atoms with Gasteiger partial charge in [-0.3, -0.25) is 4.90 Å². The summed E-state index contributed by atoms with van der Waals surface area (Å²) in [6.07, 6.45) is 4.18. The third-order valence-corrected chi connectivity index (χ3v) is 5.22. The smallest absolute Gasteiger partial charge is 0.132 e. The number of hydrogen-bond donors (Lipinski definition) is 1. The van der Waals surface area contributed by atoms with Crippen LogP contribution in [0, 0.1) is 13.8 Å². The molecule has 1 aliphatic heterocycles. The molecule has 3 rings (SSSR count). The summed E-state index contributed by atoms with van der Waals surface area (Å²) in [5.74, 6) is 0.949. The largest absolute Gasteiger partial charge is 0.379 e. The van der Waals surface area contributed by atoms with Gasteiger partial charge in [-0.05, 0) is 33.6 Å². The summed E-state index contributed by atoms with van der Waals surface area (Å²) >= 11 is 0. The second kappa shape index (κ2) is 7.11. The zero-order chi connectivity index (χ0) is 16.3. The lowest BCUT2D eigenvalue weighted by molar-refractivity contribution is -0.121. The van der Waals surface area contributed by atoms with Crippen LogP contribution in [0.4, 0.5) is 5.82 Å². The third kappa shape index (κ3) is 3.49. The maximum absolute atomic E-state index is 5.81. The normalized spacial score (nSPS) is 28.4. The van der Waals surface area contributed by atoms with Crippen LogP contribution in [0.3, 0.4) is 0 Å². The number of aromatic nitrogens is 2. The maximum Gasteiger partial charge on any atom is 0.132 e. The van der Waals surface area contributed by atoms with Crippen LogP contribution in [0.2, 0.25) is 0 Å². The van der Waals surface area contributed by atoms with Crippen LogP contribution in [0.15, 0.2) is 6.33 Å². The lowest BCUT2D eigenvalue weighted by atomic mass is 9.72. The zero-order valence-electron chi connectivity index (χ0n) is 14.5. The van der Waals surface area contributed by atoms with Gasteiger partial charge in [0.15, 0.2) is 0 Å². The van der Waals surface area contributed by atoms with E-state index in [1.165, 1.54) is 0 Å². The maximum atomic E-state index is 5.81. The predicted octanol–water partition coefficient (Wildman–Crippen LogP) is 1.78. The summed E-state index contributed by atoms with van der Waals surface area (Å²) < 4.78 is 11.3. The molecule has 0 bridgehead atoms. The molecule has 0 aromatic carbocycles. The number of hydrogen-bond acceptors (Lipinski definition) is 6. The molecule has 0 amide bonds. The molecule has 2 aliphatic rings. The summed E-state index contributed by atoms with van der Waals surface area (Å²) in [6, 6.07) is 0. The zero-order valence-corrected chi connectivity index (χ0v) is 14.5. The molecule has 128 valence electrons. The van der Waals surface area contributed by atoms with Crippen molar-refractivity contribution >= 4 is 5.82 Å². The molecule has 0 spiro atoms.